The van der Waals surface area contributed by atoms with Crippen LogP contribution in [0, 0.1) is 11.6 Å². The molecule has 0 radical (unpaired) electrons. The summed E-state index contributed by atoms with van der Waals surface area (Å²) in [5.74, 6) is -3.04. The highest BCUT2D eigenvalue weighted by atomic mass is 32.2. The molecule has 7 nitrogen and oxygen atoms in total. The van der Waals surface area contributed by atoms with Gasteiger partial charge in [0.2, 0.25) is 15.9 Å². The summed E-state index contributed by atoms with van der Waals surface area (Å²) in [6.45, 7) is 1.74. The Labute approximate surface area is 209 Å². The predicted octanol–water partition coefficient (Wildman–Crippen LogP) is 4.64. The number of carbonyl (C=O) groups is 2. The van der Waals surface area contributed by atoms with E-state index in [0.29, 0.717) is 5.69 Å². The van der Waals surface area contributed by atoms with Crippen LogP contribution in [0.5, 0.6) is 0 Å². The van der Waals surface area contributed by atoms with Gasteiger partial charge in [-0.05, 0) is 43.2 Å². The maximum atomic E-state index is 13.6. The normalized spacial score (nSPS) is 12.0. The molecule has 0 spiro atoms. The first-order valence-corrected chi connectivity index (χ1v) is 13.1. The van der Waals surface area contributed by atoms with E-state index in [1.165, 1.54) is 0 Å². The highest BCUT2D eigenvalue weighted by Crippen LogP contribution is 2.22. The fourth-order valence-corrected chi connectivity index (χ4v) is 4.57. The minimum absolute atomic E-state index is 0.0358. The number of rotatable bonds is 10. The molecule has 0 aliphatic rings. The van der Waals surface area contributed by atoms with Gasteiger partial charge in [0.15, 0.2) is 11.6 Å². The third-order valence-corrected chi connectivity index (χ3v) is 6.64. The monoisotopic (exact) mass is 515 g/mol. The number of benzene rings is 3. The summed E-state index contributed by atoms with van der Waals surface area (Å²) < 4.78 is 52.1. The van der Waals surface area contributed by atoms with Crippen LogP contribution in [0.15, 0.2) is 72.8 Å². The van der Waals surface area contributed by atoms with Crippen LogP contribution >= 0.6 is 0 Å². The lowest BCUT2D eigenvalue weighted by molar-refractivity contribution is -0.116. The van der Waals surface area contributed by atoms with Gasteiger partial charge < -0.3 is 10.6 Å². The second-order valence-electron chi connectivity index (χ2n) is 8.24. The highest BCUT2D eigenvalue weighted by molar-refractivity contribution is 7.92. The molecule has 3 rings (SSSR count). The fourth-order valence-electron chi connectivity index (χ4n) is 3.61. The van der Waals surface area contributed by atoms with Gasteiger partial charge in [-0.15, -0.1) is 0 Å². The molecule has 2 amide bonds. The van der Waals surface area contributed by atoms with Crippen molar-refractivity contribution in [2.75, 3.05) is 22.4 Å². The maximum absolute atomic E-state index is 13.6. The zero-order valence-corrected chi connectivity index (χ0v) is 20.7. The smallest absolute Gasteiger partial charge is 0.253 e. The molecule has 3 aromatic rings. The Morgan fingerprint density at radius 1 is 0.944 bits per heavy atom. The Hall–Kier alpha value is -3.79. The van der Waals surface area contributed by atoms with Crippen molar-refractivity contribution in [3.05, 3.63) is 95.6 Å². The second kappa shape index (κ2) is 11.8. The second-order valence-corrected chi connectivity index (χ2v) is 10.1. The summed E-state index contributed by atoms with van der Waals surface area (Å²) in [5, 5.41) is 5.60. The van der Waals surface area contributed by atoms with Crippen molar-refractivity contribution in [3.8, 4) is 0 Å². The van der Waals surface area contributed by atoms with Gasteiger partial charge in [-0.1, -0.05) is 42.5 Å². The van der Waals surface area contributed by atoms with E-state index in [9.17, 15) is 26.8 Å². The summed E-state index contributed by atoms with van der Waals surface area (Å²) in [5.41, 5.74) is 1.50. The van der Waals surface area contributed by atoms with E-state index in [2.05, 4.69) is 10.6 Å². The molecule has 0 aromatic heterocycles. The van der Waals surface area contributed by atoms with Crippen LogP contribution in [0.3, 0.4) is 0 Å². The lowest BCUT2D eigenvalue weighted by Crippen LogP contribution is -2.31. The van der Waals surface area contributed by atoms with Crippen molar-refractivity contribution in [3.63, 3.8) is 0 Å². The van der Waals surface area contributed by atoms with E-state index in [0.717, 1.165) is 34.3 Å². The number of para-hydroxylation sites is 1. The molecule has 0 unspecified atom stereocenters. The van der Waals surface area contributed by atoms with Crippen LogP contribution < -0.4 is 14.9 Å². The SMILES string of the molecule is C[C@H](NC(=O)c1ccccc1NC(=O)CCCN(c1ccc(F)c(F)c1)S(C)(=O)=O)c1ccccc1. The molecule has 0 fully saturated rings. The summed E-state index contributed by atoms with van der Waals surface area (Å²) in [6.07, 6.45) is 0.989. The summed E-state index contributed by atoms with van der Waals surface area (Å²) in [6, 6.07) is 18.6. The van der Waals surface area contributed by atoms with Gasteiger partial charge in [-0.25, -0.2) is 17.2 Å². The number of nitrogens with zero attached hydrogens (tertiary/aromatic N) is 1. The molecule has 3 aromatic carbocycles. The van der Waals surface area contributed by atoms with Crippen LogP contribution in [0.4, 0.5) is 20.2 Å². The minimum atomic E-state index is -3.80. The third kappa shape index (κ3) is 7.11. The molecule has 0 aliphatic carbocycles. The summed E-state index contributed by atoms with van der Waals surface area (Å²) in [7, 11) is -3.80. The Balaban J connectivity index is 1.62. The highest BCUT2D eigenvalue weighted by Gasteiger charge is 2.20. The zero-order chi connectivity index (χ0) is 26.3. The summed E-state index contributed by atoms with van der Waals surface area (Å²) >= 11 is 0. The number of sulfonamides is 1. The molecule has 190 valence electrons. The Kier molecular flexibility index (Phi) is 8.76. The lowest BCUT2D eigenvalue weighted by atomic mass is 10.1. The van der Waals surface area contributed by atoms with Gasteiger partial charge in [0.25, 0.3) is 5.91 Å². The quantitative estimate of drug-likeness (QED) is 0.411. The van der Waals surface area contributed by atoms with Crippen molar-refractivity contribution < 1.29 is 26.8 Å². The molecule has 0 heterocycles. The molecule has 0 saturated carbocycles. The predicted molar refractivity (Wildman–Crippen MR) is 135 cm³/mol. The van der Waals surface area contributed by atoms with Crippen molar-refractivity contribution in [1.82, 2.24) is 5.32 Å². The van der Waals surface area contributed by atoms with Crippen molar-refractivity contribution in [1.29, 1.82) is 0 Å². The molecule has 0 aliphatic heterocycles. The molecule has 2 N–H and O–H groups in total. The molecular weight excluding hydrogens is 488 g/mol. The van der Waals surface area contributed by atoms with Gasteiger partial charge in [0, 0.05) is 19.0 Å². The van der Waals surface area contributed by atoms with Crippen LogP contribution in [-0.4, -0.2) is 33.0 Å². The molecule has 1 atom stereocenters. The lowest BCUT2D eigenvalue weighted by Gasteiger charge is -2.22. The number of carbonyl (C=O) groups excluding carboxylic acids is 2. The number of amides is 2. The number of hydrogen-bond donors (Lipinski definition) is 2. The van der Waals surface area contributed by atoms with E-state index in [1.807, 2.05) is 37.3 Å². The van der Waals surface area contributed by atoms with Gasteiger partial charge in [0.05, 0.1) is 29.2 Å². The van der Waals surface area contributed by atoms with E-state index >= 15 is 0 Å². The number of anilines is 2. The van der Waals surface area contributed by atoms with Crippen LogP contribution in [0.1, 0.15) is 41.7 Å². The van der Waals surface area contributed by atoms with Crippen LogP contribution in [0.25, 0.3) is 0 Å². The number of halogens is 2. The molecule has 36 heavy (non-hydrogen) atoms. The first-order chi connectivity index (χ1) is 17.1. The van der Waals surface area contributed by atoms with Gasteiger partial charge >= 0.3 is 0 Å². The van der Waals surface area contributed by atoms with E-state index in [1.54, 1.807) is 24.3 Å². The average molecular weight is 516 g/mol. The van der Waals surface area contributed by atoms with Crippen LogP contribution in [0.2, 0.25) is 0 Å². The van der Waals surface area contributed by atoms with Gasteiger partial charge in [-0.2, -0.15) is 0 Å². The average Bonchev–Trinajstić information content (AvgIpc) is 2.83. The Bertz CT molecular complexity index is 1330. The van der Waals surface area contributed by atoms with Gasteiger partial charge in [0.1, 0.15) is 0 Å². The molecular formula is C26H27F2N3O4S. The van der Waals surface area contributed by atoms with E-state index in [-0.39, 0.29) is 42.6 Å². The molecule has 0 saturated heterocycles. The fraction of sp³-hybridized carbons (Fsp3) is 0.231. The Morgan fingerprint density at radius 3 is 2.28 bits per heavy atom. The topological polar surface area (TPSA) is 95.6 Å². The number of nitrogens with one attached hydrogen (secondary N) is 2. The van der Waals surface area contributed by atoms with Crippen molar-refractivity contribution in [2.24, 2.45) is 0 Å². The molecule has 0 bridgehead atoms. The minimum Gasteiger partial charge on any atom is -0.345 e. The van der Waals surface area contributed by atoms with Crippen LogP contribution in [-0.2, 0) is 14.8 Å². The van der Waals surface area contributed by atoms with E-state index in [4.69, 9.17) is 0 Å². The zero-order valence-electron chi connectivity index (χ0n) is 19.9. The standard InChI is InChI=1S/C26H27F2N3O4S/c1-18(19-9-4-3-5-10-19)29-26(33)21-11-6-7-12-24(21)30-25(32)13-8-16-31(36(2,34)35)20-14-15-22(27)23(28)17-20/h3-7,9-12,14-15,17-18H,8,13,16H2,1-2H3,(H,29,33)(H,30,32)/t18-/m0/s1. The van der Waals surface area contributed by atoms with Crippen molar-refractivity contribution in [2.45, 2.75) is 25.8 Å². The number of hydrogen-bond acceptors (Lipinski definition) is 4. The van der Waals surface area contributed by atoms with Gasteiger partial charge in [-0.3, -0.25) is 13.9 Å². The molecule has 10 heteroatoms. The first-order valence-electron chi connectivity index (χ1n) is 11.2. The summed E-state index contributed by atoms with van der Waals surface area (Å²) in [4.78, 5) is 25.4. The maximum Gasteiger partial charge on any atom is 0.253 e. The van der Waals surface area contributed by atoms with E-state index < -0.39 is 27.6 Å². The van der Waals surface area contributed by atoms with Crippen molar-refractivity contribution >= 4 is 33.2 Å². The largest absolute Gasteiger partial charge is 0.345 e. The Morgan fingerprint density at radius 2 is 1.61 bits per heavy atom. The first kappa shape index (κ1) is 26.8. The third-order valence-electron chi connectivity index (χ3n) is 5.45.